The fraction of sp³-hybridized carbons (Fsp3) is 0.143. The van der Waals surface area contributed by atoms with Crippen LogP contribution in [0, 0.1) is 6.92 Å². The predicted molar refractivity (Wildman–Crippen MR) is 108 cm³/mol. The maximum atomic E-state index is 4.81. The molecule has 0 fully saturated rings. The van der Waals surface area contributed by atoms with E-state index in [0.29, 0.717) is 0 Å². The fourth-order valence-electron chi connectivity index (χ4n) is 2.67. The second kappa shape index (κ2) is 7.62. The van der Waals surface area contributed by atoms with Crippen molar-refractivity contribution in [1.82, 2.24) is 14.6 Å². The Morgan fingerprint density at radius 2 is 1.40 bits per heavy atom. The first-order valence-corrected chi connectivity index (χ1v) is 9.20. The molecule has 0 aliphatic carbocycles. The van der Waals surface area contributed by atoms with Crippen LogP contribution < -0.4 is 0 Å². The van der Waals surface area contributed by atoms with Gasteiger partial charge in [0.1, 0.15) is 0 Å². The molecule has 0 aliphatic rings. The molecule has 2 heterocycles. The number of aromatic nitrogens is 3. The summed E-state index contributed by atoms with van der Waals surface area (Å²) >= 11 is 3.62. The fourth-order valence-corrected chi connectivity index (χ4v) is 3.00. The van der Waals surface area contributed by atoms with E-state index in [1.165, 1.54) is 0 Å². The van der Waals surface area contributed by atoms with Crippen LogP contribution in [-0.2, 0) is 0 Å². The third kappa shape index (κ3) is 3.35. The number of hydrogen-bond acceptors (Lipinski definition) is 2. The zero-order valence-electron chi connectivity index (χ0n) is 14.6. The van der Waals surface area contributed by atoms with Crippen LogP contribution in [0.3, 0.4) is 0 Å². The smallest absolute Gasteiger partial charge is 0.170 e. The Kier molecular flexibility index (Phi) is 5.29. The summed E-state index contributed by atoms with van der Waals surface area (Å²) in [5, 5.41) is 4.63. The molecule has 0 unspecified atom stereocenters. The quantitative estimate of drug-likeness (QED) is 0.408. The maximum absolute atomic E-state index is 4.81. The zero-order valence-corrected chi connectivity index (χ0v) is 16.2. The second-order valence-electron chi connectivity index (χ2n) is 5.39. The van der Waals surface area contributed by atoms with Crippen molar-refractivity contribution in [2.75, 3.05) is 0 Å². The van der Waals surface area contributed by atoms with Crippen LogP contribution >= 0.6 is 15.9 Å². The van der Waals surface area contributed by atoms with Crippen LogP contribution in [0.1, 0.15) is 19.5 Å². The summed E-state index contributed by atoms with van der Waals surface area (Å²) in [5.74, 6) is 0. The van der Waals surface area contributed by atoms with Gasteiger partial charge in [-0.2, -0.15) is 5.10 Å². The van der Waals surface area contributed by atoms with Crippen molar-refractivity contribution in [3.05, 3.63) is 76.9 Å². The number of nitrogens with zero attached hydrogens (tertiary/aromatic N) is 3. The van der Waals surface area contributed by atoms with E-state index in [1.54, 1.807) is 0 Å². The van der Waals surface area contributed by atoms with Crippen LogP contribution in [-0.4, -0.2) is 14.6 Å². The molecule has 0 bridgehead atoms. The zero-order chi connectivity index (χ0) is 17.8. The summed E-state index contributed by atoms with van der Waals surface area (Å²) in [6, 6.07) is 22.6. The van der Waals surface area contributed by atoms with Gasteiger partial charge in [0.2, 0.25) is 0 Å². The Labute approximate surface area is 156 Å². The van der Waals surface area contributed by atoms with Gasteiger partial charge in [-0.25, -0.2) is 9.50 Å². The van der Waals surface area contributed by atoms with Crippen molar-refractivity contribution in [2.24, 2.45) is 0 Å². The minimum Gasteiger partial charge on any atom is -0.227 e. The average Bonchev–Trinajstić information content (AvgIpc) is 2.98. The van der Waals surface area contributed by atoms with Gasteiger partial charge >= 0.3 is 0 Å². The van der Waals surface area contributed by atoms with Crippen LogP contribution in [0.5, 0.6) is 0 Å². The summed E-state index contributed by atoms with van der Waals surface area (Å²) < 4.78 is 2.84. The number of benzene rings is 2. The van der Waals surface area contributed by atoms with Gasteiger partial charge in [0.15, 0.2) is 5.65 Å². The molecule has 2 aromatic heterocycles. The number of aryl methyl sites for hydroxylation is 1. The molecule has 4 aromatic rings. The van der Waals surface area contributed by atoms with Gasteiger partial charge in [-0.1, -0.05) is 74.5 Å². The summed E-state index contributed by atoms with van der Waals surface area (Å²) in [6.07, 6.45) is 0. The molecule has 2 aromatic carbocycles. The van der Waals surface area contributed by atoms with Crippen molar-refractivity contribution in [1.29, 1.82) is 0 Å². The largest absolute Gasteiger partial charge is 0.227 e. The highest BCUT2D eigenvalue weighted by atomic mass is 79.9. The van der Waals surface area contributed by atoms with Crippen LogP contribution in [0.25, 0.3) is 28.2 Å². The van der Waals surface area contributed by atoms with E-state index in [4.69, 9.17) is 4.98 Å². The van der Waals surface area contributed by atoms with E-state index in [9.17, 15) is 0 Å². The Hall–Kier alpha value is -2.46. The molecule has 126 valence electrons. The molecule has 0 radical (unpaired) electrons. The van der Waals surface area contributed by atoms with Gasteiger partial charge < -0.3 is 0 Å². The van der Waals surface area contributed by atoms with Gasteiger partial charge in [-0.05, 0) is 28.9 Å². The molecule has 25 heavy (non-hydrogen) atoms. The molecule has 0 aliphatic heterocycles. The van der Waals surface area contributed by atoms with Crippen molar-refractivity contribution in [2.45, 2.75) is 20.8 Å². The Morgan fingerprint density at radius 1 is 0.840 bits per heavy atom. The normalized spacial score (nSPS) is 10.4. The highest BCUT2D eigenvalue weighted by Crippen LogP contribution is 2.30. The number of fused-ring (bicyclic) bond motifs is 1. The van der Waals surface area contributed by atoms with Crippen LogP contribution in [0.15, 0.2) is 71.2 Å². The van der Waals surface area contributed by atoms with E-state index >= 15 is 0 Å². The first-order chi connectivity index (χ1) is 12.2. The average molecular weight is 394 g/mol. The number of rotatable bonds is 2. The van der Waals surface area contributed by atoms with E-state index < -0.39 is 0 Å². The molecule has 4 rings (SSSR count). The Balaban J connectivity index is 0.000000880. The molecule has 0 atom stereocenters. The third-order valence-electron chi connectivity index (χ3n) is 3.83. The maximum Gasteiger partial charge on any atom is 0.170 e. The first-order valence-electron chi connectivity index (χ1n) is 8.41. The molecule has 0 saturated heterocycles. The molecule has 0 amide bonds. The number of halogens is 1. The SMILES string of the molecule is CC.Cc1nn2c(-c3ccccc3)cc(-c3ccccc3)nc2c1Br. The summed E-state index contributed by atoms with van der Waals surface area (Å²) in [4.78, 5) is 4.81. The lowest BCUT2D eigenvalue weighted by Gasteiger charge is -2.08. The Bertz CT molecular complexity index is 976. The predicted octanol–water partition coefficient (Wildman–Crippen LogP) is 6.16. The summed E-state index contributed by atoms with van der Waals surface area (Å²) in [5.41, 5.74) is 5.95. The second-order valence-corrected chi connectivity index (χ2v) is 6.19. The summed E-state index contributed by atoms with van der Waals surface area (Å²) in [6.45, 7) is 5.98. The highest BCUT2D eigenvalue weighted by Gasteiger charge is 2.15. The summed E-state index contributed by atoms with van der Waals surface area (Å²) in [7, 11) is 0. The molecular formula is C21H20BrN3. The molecule has 0 spiro atoms. The van der Waals surface area contributed by atoms with E-state index in [1.807, 2.05) is 61.7 Å². The third-order valence-corrected chi connectivity index (χ3v) is 4.76. The van der Waals surface area contributed by atoms with Gasteiger partial charge in [0, 0.05) is 11.1 Å². The molecule has 0 N–H and O–H groups in total. The lowest BCUT2D eigenvalue weighted by Crippen LogP contribution is -1.98. The van der Waals surface area contributed by atoms with Crippen molar-refractivity contribution < 1.29 is 0 Å². The standard InChI is InChI=1S/C19H14BrN3.C2H6/c1-13-18(20)19-21-16(14-8-4-2-5-9-14)12-17(23(19)22-13)15-10-6-3-7-11-15;1-2/h2-12H,1H3;1-2H3. The highest BCUT2D eigenvalue weighted by molar-refractivity contribution is 9.10. The van der Waals surface area contributed by atoms with Gasteiger partial charge in [-0.3, -0.25) is 0 Å². The molecule has 4 heteroatoms. The monoisotopic (exact) mass is 393 g/mol. The lowest BCUT2D eigenvalue weighted by atomic mass is 10.1. The van der Waals surface area contributed by atoms with Crippen LogP contribution in [0.2, 0.25) is 0 Å². The van der Waals surface area contributed by atoms with E-state index in [0.717, 1.165) is 38.3 Å². The van der Waals surface area contributed by atoms with Gasteiger partial charge in [-0.15, -0.1) is 0 Å². The molecule has 3 nitrogen and oxygen atoms in total. The minimum atomic E-state index is 0.836. The topological polar surface area (TPSA) is 30.2 Å². The van der Waals surface area contributed by atoms with Gasteiger partial charge in [0.25, 0.3) is 0 Å². The molecular weight excluding hydrogens is 374 g/mol. The van der Waals surface area contributed by atoms with Crippen molar-refractivity contribution >= 4 is 21.6 Å². The first kappa shape index (κ1) is 17.4. The Morgan fingerprint density at radius 3 is 2.00 bits per heavy atom. The minimum absolute atomic E-state index is 0.836. The van der Waals surface area contributed by atoms with Crippen molar-refractivity contribution in [3.63, 3.8) is 0 Å². The molecule has 0 saturated carbocycles. The van der Waals surface area contributed by atoms with E-state index in [-0.39, 0.29) is 0 Å². The van der Waals surface area contributed by atoms with Crippen molar-refractivity contribution in [3.8, 4) is 22.5 Å². The lowest BCUT2D eigenvalue weighted by molar-refractivity contribution is 0.926. The number of hydrogen-bond donors (Lipinski definition) is 0. The van der Waals surface area contributed by atoms with Gasteiger partial charge in [0.05, 0.1) is 21.6 Å². The van der Waals surface area contributed by atoms with Crippen LogP contribution in [0.4, 0.5) is 0 Å². The van der Waals surface area contributed by atoms with E-state index in [2.05, 4.69) is 51.4 Å².